The lowest BCUT2D eigenvalue weighted by Gasteiger charge is -2.47. The van der Waals surface area contributed by atoms with Crippen molar-refractivity contribution < 1.29 is 0 Å². The minimum atomic E-state index is 0.485. The van der Waals surface area contributed by atoms with Gasteiger partial charge in [0.25, 0.3) is 0 Å². The summed E-state index contributed by atoms with van der Waals surface area (Å²) in [4.78, 5) is 11.0. The van der Waals surface area contributed by atoms with Gasteiger partial charge in [0.1, 0.15) is 5.82 Å². The zero-order chi connectivity index (χ0) is 12.5. The minimum absolute atomic E-state index is 0.485. The van der Waals surface area contributed by atoms with Crippen molar-refractivity contribution >= 4 is 11.8 Å². The van der Waals surface area contributed by atoms with Crippen LogP contribution in [-0.4, -0.2) is 40.0 Å². The largest absolute Gasteiger partial charge is 0.384 e. The molecule has 3 N–H and O–H groups in total. The number of anilines is 2. The Kier molecular flexibility index (Phi) is 3.07. The molecule has 0 radical (unpaired) electrons. The van der Waals surface area contributed by atoms with Crippen LogP contribution in [0, 0.1) is 0 Å². The van der Waals surface area contributed by atoms with E-state index < -0.39 is 0 Å². The first-order valence-electron chi connectivity index (χ1n) is 6.79. The number of nitrogens with zero attached hydrogens (tertiary/aromatic N) is 3. The van der Waals surface area contributed by atoms with Gasteiger partial charge in [-0.05, 0) is 38.8 Å². The molecule has 2 atom stereocenters. The lowest BCUT2D eigenvalue weighted by atomic mass is 9.82. The molecular formula is C13H21N5. The summed E-state index contributed by atoms with van der Waals surface area (Å²) in [6.07, 6.45) is 8.10. The number of nitrogen functional groups attached to an aromatic ring is 1. The average Bonchev–Trinajstić information content (AvgIpc) is 2.30. The molecule has 2 unspecified atom stereocenters. The Morgan fingerprint density at radius 1 is 1.33 bits per heavy atom. The smallest absolute Gasteiger partial charge is 0.224 e. The van der Waals surface area contributed by atoms with Crippen molar-refractivity contribution in [3.05, 3.63) is 12.3 Å². The van der Waals surface area contributed by atoms with Crippen LogP contribution in [0.5, 0.6) is 0 Å². The van der Waals surface area contributed by atoms with Gasteiger partial charge in [-0.3, -0.25) is 0 Å². The van der Waals surface area contributed by atoms with Crippen molar-refractivity contribution in [3.63, 3.8) is 0 Å². The summed E-state index contributed by atoms with van der Waals surface area (Å²) in [5.41, 5.74) is 5.68. The summed E-state index contributed by atoms with van der Waals surface area (Å²) in [6.45, 7) is 0. The van der Waals surface area contributed by atoms with E-state index in [-0.39, 0.29) is 0 Å². The third kappa shape index (κ3) is 2.27. The first kappa shape index (κ1) is 11.7. The number of piperidine rings is 2. The van der Waals surface area contributed by atoms with Crippen molar-refractivity contribution in [3.8, 4) is 0 Å². The molecule has 98 valence electrons. The molecule has 0 aromatic carbocycles. The molecule has 0 aliphatic carbocycles. The van der Waals surface area contributed by atoms with Gasteiger partial charge in [-0.15, -0.1) is 0 Å². The van der Waals surface area contributed by atoms with Crippen molar-refractivity contribution in [1.29, 1.82) is 0 Å². The van der Waals surface area contributed by atoms with Crippen LogP contribution in [0.3, 0.4) is 0 Å². The molecule has 3 heterocycles. The van der Waals surface area contributed by atoms with Crippen LogP contribution < -0.4 is 11.1 Å². The predicted molar refractivity (Wildman–Crippen MR) is 72.3 cm³/mol. The second-order valence-electron chi connectivity index (χ2n) is 5.52. The first-order chi connectivity index (χ1) is 8.72. The first-order valence-corrected chi connectivity index (χ1v) is 6.79. The molecule has 2 fully saturated rings. The fraction of sp³-hybridized carbons (Fsp3) is 0.692. The highest BCUT2D eigenvalue weighted by molar-refractivity contribution is 5.36. The molecule has 5 nitrogen and oxygen atoms in total. The maximum Gasteiger partial charge on any atom is 0.224 e. The standard InChI is InChI=1S/C13H21N5/c1-18-10-3-2-4-11(18)8-9(7-10)16-13-15-6-5-12(14)17-13/h5-6,9-11H,2-4,7-8H2,1H3,(H3,14,15,16,17). The van der Waals surface area contributed by atoms with Gasteiger partial charge in [0.15, 0.2) is 0 Å². The van der Waals surface area contributed by atoms with E-state index in [2.05, 4.69) is 27.2 Å². The Balaban J connectivity index is 1.68. The predicted octanol–water partition coefficient (Wildman–Crippen LogP) is 1.49. The van der Waals surface area contributed by atoms with Crippen molar-refractivity contribution in [2.75, 3.05) is 18.1 Å². The monoisotopic (exact) mass is 247 g/mol. The number of hydrogen-bond acceptors (Lipinski definition) is 5. The summed E-state index contributed by atoms with van der Waals surface area (Å²) in [6, 6.07) is 3.64. The Morgan fingerprint density at radius 2 is 2.06 bits per heavy atom. The Morgan fingerprint density at radius 3 is 2.72 bits per heavy atom. The molecule has 0 saturated carbocycles. The number of hydrogen-bond donors (Lipinski definition) is 2. The third-order valence-corrected chi connectivity index (χ3v) is 4.35. The zero-order valence-corrected chi connectivity index (χ0v) is 10.8. The van der Waals surface area contributed by atoms with Gasteiger partial charge in [-0.25, -0.2) is 4.98 Å². The fourth-order valence-electron chi connectivity index (χ4n) is 3.36. The van der Waals surface area contributed by atoms with E-state index in [4.69, 9.17) is 5.73 Å². The van der Waals surface area contributed by atoms with Gasteiger partial charge >= 0.3 is 0 Å². The van der Waals surface area contributed by atoms with Gasteiger partial charge in [-0.2, -0.15) is 4.98 Å². The lowest BCUT2D eigenvalue weighted by Crippen LogP contribution is -2.52. The molecule has 1 aromatic heterocycles. The quantitative estimate of drug-likeness (QED) is 0.828. The molecule has 2 aliphatic heterocycles. The van der Waals surface area contributed by atoms with Gasteiger partial charge in [0.05, 0.1) is 0 Å². The highest BCUT2D eigenvalue weighted by Crippen LogP contribution is 2.33. The number of rotatable bonds is 2. The van der Waals surface area contributed by atoms with Crippen molar-refractivity contribution in [2.24, 2.45) is 0 Å². The summed E-state index contributed by atoms with van der Waals surface area (Å²) >= 11 is 0. The summed E-state index contributed by atoms with van der Waals surface area (Å²) < 4.78 is 0. The van der Waals surface area contributed by atoms with E-state index in [9.17, 15) is 0 Å². The summed E-state index contributed by atoms with van der Waals surface area (Å²) in [5.74, 6) is 1.20. The van der Waals surface area contributed by atoms with E-state index in [1.807, 2.05) is 0 Å². The molecule has 2 aliphatic rings. The lowest BCUT2D eigenvalue weighted by molar-refractivity contribution is 0.0607. The van der Waals surface area contributed by atoms with Crippen LogP contribution in [0.2, 0.25) is 0 Å². The topological polar surface area (TPSA) is 67.1 Å². The highest BCUT2D eigenvalue weighted by Gasteiger charge is 2.36. The van der Waals surface area contributed by atoms with E-state index in [1.165, 1.54) is 32.1 Å². The molecule has 0 spiro atoms. The normalized spacial score (nSPS) is 32.2. The van der Waals surface area contributed by atoms with E-state index in [1.54, 1.807) is 12.3 Å². The molecule has 5 heteroatoms. The second-order valence-corrected chi connectivity index (χ2v) is 5.52. The van der Waals surface area contributed by atoms with Crippen LogP contribution in [-0.2, 0) is 0 Å². The Labute approximate surface area is 108 Å². The van der Waals surface area contributed by atoms with E-state index >= 15 is 0 Å². The Bertz CT molecular complexity index is 408. The molecule has 2 bridgehead atoms. The average molecular weight is 247 g/mol. The number of aromatic nitrogens is 2. The van der Waals surface area contributed by atoms with Crippen LogP contribution in [0.15, 0.2) is 12.3 Å². The Hall–Kier alpha value is -1.36. The van der Waals surface area contributed by atoms with E-state index in [0.717, 1.165) is 12.1 Å². The van der Waals surface area contributed by atoms with Gasteiger partial charge in [-0.1, -0.05) is 6.42 Å². The molecular weight excluding hydrogens is 226 g/mol. The minimum Gasteiger partial charge on any atom is -0.384 e. The van der Waals surface area contributed by atoms with Crippen LogP contribution in [0.1, 0.15) is 32.1 Å². The fourth-order valence-corrected chi connectivity index (χ4v) is 3.36. The van der Waals surface area contributed by atoms with Crippen LogP contribution >= 0.6 is 0 Å². The van der Waals surface area contributed by atoms with E-state index in [0.29, 0.717) is 17.8 Å². The van der Waals surface area contributed by atoms with Gasteiger partial charge in [0.2, 0.25) is 5.95 Å². The summed E-state index contributed by atoms with van der Waals surface area (Å²) in [7, 11) is 2.27. The SMILES string of the molecule is CN1C2CCCC1CC(Nc1nccc(N)n1)C2. The number of nitrogens with one attached hydrogen (secondary N) is 1. The van der Waals surface area contributed by atoms with Gasteiger partial charge in [0, 0.05) is 24.3 Å². The molecule has 0 amide bonds. The molecule has 2 saturated heterocycles. The third-order valence-electron chi connectivity index (χ3n) is 4.35. The highest BCUT2D eigenvalue weighted by atomic mass is 15.2. The molecule has 1 aromatic rings. The van der Waals surface area contributed by atoms with Gasteiger partial charge < -0.3 is 16.0 Å². The van der Waals surface area contributed by atoms with Crippen LogP contribution in [0.25, 0.3) is 0 Å². The second kappa shape index (κ2) is 4.72. The zero-order valence-electron chi connectivity index (χ0n) is 10.8. The van der Waals surface area contributed by atoms with Crippen molar-refractivity contribution in [2.45, 2.75) is 50.2 Å². The number of nitrogens with two attached hydrogens (primary N) is 1. The number of fused-ring (bicyclic) bond motifs is 2. The molecule has 18 heavy (non-hydrogen) atoms. The maximum atomic E-state index is 5.68. The molecule has 3 rings (SSSR count). The van der Waals surface area contributed by atoms with Crippen LogP contribution in [0.4, 0.5) is 11.8 Å². The maximum absolute atomic E-state index is 5.68. The van der Waals surface area contributed by atoms with Crippen molar-refractivity contribution in [1.82, 2.24) is 14.9 Å². The summed E-state index contributed by atoms with van der Waals surface area (Å²) in [5, 5.41) is 3.44.